The molecule has 0 bridgehead atoms. The third-order valence-corrected chi connectivity index (χ3v) is 4.02. The number of amides is 1. The minimum Gasteiger partial charge on any atom is -0.376 e. The highest BCUT2D eigenvalue weighted by molar-refractivity contribution is 5.76. The number of carbonyl (C=O) groups excluding carboxylic acids is 1. The maximum Gasteiger partial charge on any atom is 0.223 e. The van der Waals surface area contributed by atoms with Crippen molar-refractivity contribution in [2.45, 2.75) is 46.6 Å². The summed E-state index contributed by atoms with van der Waals surface area (Å²) in [5.41, 5.74) is 1.27. The van der Waals surface area contributed by atoms with Crippen molar-refractivity contribution in [3.8, 4) is 0 Å². The molecule has 1 fully saturated rings. The predicted octanol–water partition coefficient (Wildman–Crippen LogP) is 3.88. The standard InChI is InChI=1S/C19H29NO2/c1-19(2,3)12-18(21)20-11-7-10-17(13-20)15-22-14-16-8-5-4-6-9-16/h4-6,8-9,17H,7,10-15H2,1-3H3. The molecule has 0 radical (unpaired) electrons. The van der Waals surface area contributed by atoms with Gasteiger partial charge in [0.15, 0.2) is 0 Å². The zero-order chi connectivity index (χ0) is 16.0. The Balaban J connectivity index is 1.75. The first-order chi connectivity index (χ1) is 10.4. The van der Waals surface area contributed by atoms with E-state index in [9.17, 15) is 4.79 Å². The van der Waals surface area contributed by atoms with E-state index >= 15 is 0 Å². The van der Waals surface area contributed by atoms with E-state index < -0.39 is 0 Å². The van der Waals surface area contributed by atoms with Gasteiger partial charge in [-0.25, -0.2) is 0 Å². The van der Waals surface area contributed by atoms with Gasteiger partial charge in [-0.2, -0.15) is 0 Å². The molecular weight excluding hydrogens is 274 g/mol. The minimum absolute atomic E-state index is 0.0633. The number of benzene rings is 1. The highest BCUT2D eigenvalue weighted by atomic mass is 16.5. The highest BCUT2D eigenvalue weighted by Gasteiger charge is 2.26. The molecule has 1 heterocycles. The molecule has 0 aromatic heterocycles. The molecule has 0 saturated carbocycles. The van der Waals surface area contributed by atoms with E-state index in [4.69, 9.17) is 4.74 Å². The average Bonchev–Trinajstić information content (AvgIpc) is 2.47. The van der Waals surface area contributed by atoms with Crippen LogP contribution in [-0.2, 0) is 16.1 Å². The van der Waals surface area contributed by atoms with Crippen LogP contribution in [0.3, 0.4) is 0 Å². The lowest BCUT2D eigenvalue weighted by Gasteiger charge is -2.34. The van der Waals surface area contributed by atoms with Crippen molar-refractivity contribution in [3.63, 3.8) is 0 Å². The summed E-state index contributed by atoms with van der Waals surface area (Å²) < 4.78 is 5.85. The highest BCUT2D eigenvalue weighted by Crippen LogP contribution is 2.23. The number of likely N-dealkylation sites (tertiary alicyclic amines) is 1. The molecule has 3 heteroatoms. The van der Waals surface area contributed by atoms with Crippen LogP contribution >= 0.6 is 0 Å². The molecule has 3 nitrogen and oxygen atoms in total. The number of rotatable bonds is 5. The van der Waals surface area contributed by atoms with Crippen LogP contribution in [-0.4, -0.2) is 30.5 Å². The zero-order valence-electron chi connectivity index (χ0n) is 14.2. The number of piperidine rings is 1. The normalized spacial score (nSPS) is 19.2. The van der Waals surface area contributed by atoms with Crippen molar-refractivity contribution in [1.29, 1.82) is 0 Å². The molecule has 0 N–H and O–H groups in total. The molecule has 1 amide bonds. The van der Waals surface area contributed by atoms with Crippen LogP contribution in [0.25, 0.3) is 0 Å². The number of ether oxygens (including phenoxy) is 1. The summed E-state index contributed by atoms with van der Waals surface area (Å²) in [6.07, 6.45) is 2.88. The van der Waals surface area contributed by atoms with Crippen LogP contribution in [0.5, 0.6) is 0 Å². The molecule has 1 unspecified atom stereocenters. The minimum atomic E-state index is 0.0633. The van der Waals surface area contributed by atoms with Gasteiger partial charge < -0.3 is 9.64 Å². The quantitative estimate of drug-likeness (QED) is 0.826. The van der Waals surface area contributed by atoms with Gasteiger partial charge in [-0.05, 0) is 29.7 Å². The molecule has 1 aromatic rings. The number of hydrogen-bond acceptors (Lipinski definition) is 2. The van der Waals surface area contributed by atoms with Crippen LogP contribution in [0.2, 0.25) is 0 Å². The van der Waals surface area contributed by atoms with Crippen LogP contribution < -0.4 is 0 Å². The molecule has 0 aliphatic carbocycles. The van der Waals surface area contributed by atoms with Gasteiger partial charge in [-0.15, -0.1) is 0 Å². The fourth-order valence-corrected chi connectivity index (χ4v) is 2.91. The van der Waals surface area contributed by atoms with Gasteiger partial charge in [0.2, 0.25) is 5.91 Å². The Morgan fingerprint density at radius 2 is 2.00 bits per heavy atom. The predicted molar refractivity (Wildman–Crippen MR) is 89.5 cm³/mol. The van der Waals surface area contributed by atoms with Crippen molar-refractivity contribution in [2.24, 2.45) is 11.3 Å². The van der Waals surface area contributed by atoms with Gasteiger partial charge in [0.05, 0.1) is 13.2 Å². The van der Waals surface area contributed by atoms with Crippen molar-refractivity contribution in [1.82, 2.24) is 4.90 Å². The largest absolute Gasteiger partial charge is 0.376 e. The molecule has 1 atom stereocenters. The Labute approximate surface area is 134 Å². The Hall–Kier alpha value is -1.35. The Morgan fingerprint density at radius 3 is 2.68 bits per heavy atom. The van der Waals surface area contributed by atoms with E-state index in [2.05, 4.69) is 32.9 Å². The molecule has 1 saturated heterocycles. The molecular formula is C19H29NO2. The van der Waals surface area contributed by atoms with E-state index in [0.717, 1.165) is 32.5 Å². The van der Waals surface area contributed by atoms with Crippen LogP contribution in [0.4, 0.5) is 0 Å². The monoisotopic (exact) mass is 303 g/mol. The summed E-state index contributed by atoms with van der Waals surface area (Å²) in [6, 6.07) is 10.3. The lowest BCUT2D eigenvalue weighted by molar-refractivity contribution is -0.135. The second kappa shape index (κ2) is 7.77. The zero-order valence-corrected chi connectivity index (χ0v) is 14.2. The average molecular weight is 303 g/mol. The Bertz CT molecular complexity index is 464. The van der Waals surface area contributed by atoms with E-state index in [0.29, 0.717) is 24.9 Å². The first-order valence-electron chi connectivity index (χ1n) is 8.33. The molecule has 1 aliphatic rings. The van der Waals surface area contributed by atoms with Gasteiger partial charge in [0, 0.05) is 19.5 Å². The van der Waals surface area contributed by atoms with Gasteiger partial charge in [0.25, 0.3) is 0 Å². The van der Waals surface area contributed by atoms with Gasteiger partial charge >= 0.3 is 0 Å². The fourth-order valence-electron chi connectivity index (χ4n) is 2.91. The molecule has 22 heavy (non-hydrogen) atoms. The molecule has 0 spiro atoms. The third-order valence-electron chi connectivity index (χ3n) is 4.02. The summed E-state index contributed by atoms with van der Waals surface area (Å²) in [5, 5.41) is 0. The molecule has 1 aliphatic heterocycles. The maximum atomic E-state index is 12.3. The molecule has 1 aromatic carbocycles. The summed E-state index contributed by atoms with van der Waals surface area (Å²) >= 11 is 0. The fraction of sp³-hybridized carbons (Fsp3) is 0.632. The van der Waals surface area contributed by atoms with Gasteiger partial charge in [-0.3, -0.25) is 4.79 Å². The van der Waals surface area contributed by atoms with Gasteiger partial charge in [-0.1, -0.05) is 51.1 Å². The first-order valence-corrected chi connectivity index (χ1v) is 8.33. The van der Waals surface area contributed by atoms with Crippen LogP contribution in [0.15, 0.2) is 30.3 Å². The third kappa shape index (κ3) is 5.80. The van der Waals surface area contributed by atoms with Crippen molar-refractivity contribution >= 4 is 5.91 Å². The second-order valence-electron chi connectivity index (χ2n) is 7.59. The smallest absolute Gasteiger partial charge is 0.223 e. The summed E-state index contributed by atoms with van der Waals surface area (Å²) in [5.74, 6) is 0.765. The number of hydrogen-bond donors (Lipinski definition) is 0. The van der Waals surface area contributed by atoms with Crippen LogP contribution in [0, 0.1) is 11.3 Å². The van der Waals surface area contributed by atoms with Crippen molar-refractivity contribution < 1.29 is 9.53 Å². The molecule has 122 valence electrons. The topological polar surface area (TPSA) is 29.5 Å². The van der Waals surface area contributed by atoms with Crippen molar-refractivity contribution in [3.05, 3.63) is 35.9 Å². The SMILES string of the molecule is CC(C)(C)CC(=O)N1CCCC(COCc2ccccc2)C1. The summed E-state index contributed by atoms with van der Waals surface area (Å²) in [7, 11) is 0. The van der Waals surface area contributed by atoms with Crippen LogP contribution in [0.1, 0.15) is 45.6 Å². The number of carbonyl (C=O) groups is 1. The molecule has 2 rings (SSSR count). The van der Waals surface area contributed by atoms with E-state index in [1.807, 2.05) is 23.1 Å². The summed E-state index contributed by atoms with van der Waals surface area (Å²) in [4.78, 5) is 14.4. The number of nitrogens with zero attached hydrogens (tertiary/aromatic N) is 1. The second-order valence-corrected chi connectivity index (χ2v) is 7.59. The lowest BCUT2D eigenvalue weighted by Crippen LogP contribution is -2.42. The first kappa shape index (κ1) is 17.0. The Morgan fingerprint density at radius 1 is 1.27 bits per heavy atom. The lowest BCUT2D eigenvalue weighted by atomic mass is 9.90. The van der Waals surface area contributed by atoms with Crippen molar-refractivity contribution in [2.75, 3.05) is 19.7 Å². The maximum absolute atomic E-state index is 12.3. The van der Waals surface area contributed by atoms with E-state index in [1.165, 1.54) is 5.56 Å². The van der Waals surface area contributed by atoms with Gasteiger partial charge in [0.1, 0.15) is 0 Å². The van der Waals surface area contributed by atoms with E-state index in [-0.39, 0.29) is 5.41 Å². The Kier molecular flexibility index (Phi) is 6.01. The van der Waals surface area contributed by atoms with E-state index in [1.54, 1.807) is 0 Å². The summed E-state index contributed by atoms with van der Waals surface area (Å²) in [6.45, 7) is 9.52.